The van der Waals surface area contributed by atoms with Gasteiger partial charge in [0, 0.05) is 6.42 Å². The summed E-state index contributed by atoms with van der Waals surface area (Å²) < 4.78 is 0. The number of hydrogen-bond donors (Lipinski definition) is 2. The lowest BCUT2D eigenvalue weighted by molar-refractivity contribution is -0.119. The molecular weight excluding hydrogens is 198 g/mol. The molecule has 0 heterocycles. The van der Waals surface area contributed by atoms with Gasteiger partial charge in [0.15, 0.2) is 0 Å². The second kappa shape index (κ2) is 2.54. The topological polar surface area (TPSA) is 40.5 Å². The van der Waals surface area contributed by atoms with Crippen molar-refractivity contribution in [3.8, 4) is 0 Å². The van der Waals surface area contributed by atoms with E-state index in [1.807, 2.05) is 0 Å². The monoisotopic (exact) mass is 202 g/mol. The highest BCUT2D eigenvalue weighted by atomic mass is 35.5. The molecule has 1 rings (SSSR count). The second-order valence-corrected chi connectivity index (χ2v) is 3.46. The standard InChI is InChI=1S/C5H5Cl3O2/c6-2-1-5(9,10)4(8)3(2)7/h2,9-10H,1H2. The van der Waals surface area contributed by atoms with Gasteiger partial charge in [-0.05, 0) is 0 Å². The number of alkyl halides is 1. The van der Waals surface area contributed by atoms with Crippen LogP contribution < -0.4 is 0 Å². The average molecular weight is 203 g/mol. The molecule has 0 bridgehead atoms. The van der Waals surface area contributed by atoms with E-state index in [0.717, 1.165) is 0 Å². The van der Waals surface area contributed by atoms with Crippen LogP contribution in [0.4, 0.5) is 0 Å². The molecule has 0 saturated carbocycles. The highest BCUT2D eigenvalue weighted by Gasteiger charge is 2.41. The minimum absolute atomic E-state index is 0.0494. The molecule has 0 fully saturated rings. The number of halogens is 3. The van der Waals surface area contributed by atoms with Gasteiger partial charge >= 0.3 is 0 Å². The van der Waals surface area contributed by atoms with Gasteiger partial charge < -0.3 is 10.2 Å². The fraction of sp³-hybridized carbons (Fsp3) is 0.600. The predicted molar refractivity (Wildman–Crippen MR) is 40.2 cm³/mol. The van der Waals surface area contributed by atoms with Crippen LogP contribution in [0.15, 0.2) is 10.1 Å². The van der Waals surface area contributed by atoms with Crippen LogP contribution in [0, 0.1) is 0 Å². The van der Waals surface area contributed by atoms with Gasteiger partial charge in [-0.1, -0.05) is 23.2 Å². The number of allylic oxidation sites excluding steroid dienone is 1. The molecule has 0 aromatic heterocycles. The Labute approximate surface area is 73.0 Å². The SMILES string of the molecule is OC1(O)CC(Cl)C(Cl)=C1Cl. The summed E-state index contributed by atoms with van der Waals surface area (Å²) in [5.41, 5.74) is 0. The van der Waals surface area contributed by atoms with E-state index in [9.17, 15) is 0 Å². The molecule has 1 atom stereocenters. The summed E-state index contributed by atoms with van der Waals surface area (Å²) in [7, 11) is 0. The normalized spacial score (nSPS) is 31.5. The fourth-order valence-electron chi connectivity index (χ4n) is 0.758. The van der Waals surface area contributed by atoms with E-state index in [-0.39, 0.29) is 16.5 Å². The first-order valence-corrected chi connectivity index (χ1v) is 3.79. The van der Waals surface area contributed by atoms with Crippen molar-refractivity contribution in [1.29, 1.82) is 0 Å². The zero-order valence-corrected chi connectivity index (χ0v) is 7.08. The molecule has 0 aromatic carbocycles. The number of hydrogen-bond acceptors (Lipinski definition) is 2. The van der Waals surface area contributed by atoms with Crippen molar-refractivity contribution in [2.45, 2.75) is 17.6 Å². The zero-order chi connectivity index (χ0) is 7.94. The Kier molecular flexibility index (Phi) is 2.19. The third kappa shape index (κ3) is 1.27. The Morgan fingerprint density at radius 2 is 1.90 bits per heavy atom. The lowest BCUT2D eigenvalue weighted by Crippen LogP contribution is -2.25. The van der Waals surface area contributed by atoms with Crippen LogP contribution in [0.5, 0.6) is 0 Å². The summed E-state index contributed by atoms with van der Waals surface area (Å²) in [6.07, 6.45) is -0.0494. The van der Waals surface area contributed by atoms with Crippen molar-refractivity contribution in [2.24, 2.45) is 0 Å². The second-order valence-electron chi connectivity index (χ2n) is 2.15. The Morgan fingerprint density at radius 3 is 2.00 bits per heavy atom. The molecule has 5 heteroatoms. The van der Waals surface area contributed by atoms with Crippen molar-refractivity contribution in [1.82, 2.24) is 0 Å². The van der Waals surface area contributed by atoms with Crippen molar-refractivity contribution in [2.75, 3.05) is 0 Å². The van der Waals surface area contributed by atoms with Gasteiger partial charge in [-0.15, -0.1) is 11.6 Å². The highest BCUT2D eigenvalue weighted by Crippen LogP contribution is 2.41. The molecule has 2 nitrogen and oxygen atoms in total. The van der Waals surface area contributed by atoms with Crippen LogP contribution >= 0.6 is 34.8 Å². The predicted octanol–water partition coefficient (Wildman–Crippen LogP) is 1.37. The highest BCUT2D eigenvalue weighted by molar-refractivity contribution is 6.44. The molecule has 0 aliphatic heterocycles. The molecule has 0 radical (unpaired) electrons. The Morgan fingerprint density at radius 1 is 1.40 bits per heavy atom. The van der Waals surface area contributed by atoms with Crippen LogP contribution in [0.25, 0.3) is 0 Å². The first-order valence-electron chi connectivity index (χ1n) is 2.59. The van der Waals surface area contributed by atoms with E-state index in [1.165, 1.54) is 0 Å². The summed E-state index contributed by atoms with van der Waals surface area (Å²) >= 11 is 16.5. The molecule has 58 valence electrons. The maximum absolute atomic E-state index is 9.00. The van der Waals surface area contributed by atoms with Crippen LogP contribution in [0.1, 0.15) is 6.42 Å². The summed E-state index contributed by atoms with van der Waals surface area (Å²) in [5.74, 6) is -2.02. The Bertz CT molecular complexity index is 187. The molecule has 1 aliphatic rings. The van der Waals surface area contributed by atoms with Gasteiger partial charge in [0.2, 0.25) is 5.79 Å². The van der Waals surface area contributed by atoms with Crippen LogP contribution in [0.3, 0.4) is 0 Å². The molecule has 2 N–H and O–H groups in total. The summed E-state index contributed by atoms with van der Waals surface area (Å²) in [5, 5.41) is 17.4. The van der Waals surface area contributed by atoms with E-state index in [1.54, 1.807) is 0 Å². The quantitative estimate of drug-likeness (QED) is 0.461. The summed E-state index contributed by atoms with van der Waals surface area (Å²) in [4.78, 5) is 0. The molecule has 0 amide bonds. The van der Waals surface area contributed by atoms with E-state index < -0.39 is 11.2 Å². The van der Waals surface area contributed by atoms with Gasteiger partial charge in [0.25, 0.3) is 0 Å². The third-order valence-electron chi connectivity index (χ3n) is 1.30. The lowest BCUT2D eigenvalue weighted by Gasteiger charge is -2.13. The molecule has 10 heavy (non-hydrogen) atoms. The smallest absolute Gasteiger partial charge is 0.203 e. The number of aliphatic hydroxyl groups is 2. The summed E-state index contributed by atoms with van der Waals surface area (Å²) in [6.45, 7) is 0. The lowest BCUT2D eigenvalue weighted by atomic mass is 10.2. The molecule has 1 unspecified atom stereocenters. The van der Waals surface area contributed by atoms with E-state index >= 15 is 0 Å². The van der Waals surface area contributed by atoms with Gasteiger partial charge in [-0.25, -0.2) is 0 Å². The van der Waals surface area contributed by atoms with Crippen molar-refractivity contribution in [3.05, 3.63) is 10.1 Å². The minimum atomic E-state index is -2.02. The van der Waals surface area contributed by atoms with Crippen LogP contribution in [-0.4, -0.2) is 21.4 Å². The third-order valence-corrected chi connectivity index (χ3v) is 2.84. The maximum Gasteiger partial charge on any atom is 0.203 e. The minimum Gasteiger partial charge on any atom is -0.361 e. The van der Waals surface area contributed by atoms with Gasteiger partial charge in [0.1, 0.15) is 0 Å². The molecule has 0 spiro atoms. The van der Waals surface area contributed by atoms with Crippen molar-refractivity contribution >= 4 is 34.8 Å². The first-order chi connectivity index (χ1) is 4.45. The van der Waals surface area contributed by atoms with Crippen LogP contribution in [-0.2, 0) is 0 Å². The number of rotatable bonds is 0. The van der Waals surface area contributed by atoms with E-state index in [0.29, 0.717) is 0 Å². The van der Waals surface area contributed by atoms with Crippen molar-refractivity contribution in [3.63, 3.8) is 0 Å². The van der Waals surface area contributed by atoms with Gasteiger partial charge in [-0.2, -0.15) is 0 Å². The molecular formula is C5H5Cl3O2. The van der Waals surface area contributed by atoms with Crippen LogP contribution in [0.2, 0.25) is 0 Å². The van der Waals surface area contributed by atoms with Crippen molar-refractivity contribution < 1.29 is 10.2 Å². The molecule has 1 aliphatic carbocycles. The van der Waals surface area contributed by atoms with E-state index in [4.69, 9.17) is 45.0 Å². The Balaban J connectivity index is 2.95. The van der Waals surface area contributed by atoms with E-state index in [2.05, 4.69) is 0 Å². The summed E-state index contributed by atoms with van der Waals surface area (Å²) in [6, 6.07) is 0. The maximum atomic E-state index is 9.00. The largest absolute Gasteiger partial charge is 0.361 e. The Hall–Kier alpha value is 0.530. The molecule has 0 saturated heterocycles. The average Bonchev–Trinajstić information content (AvgIpc) is 1.95. The molecule has 0 aromatic rings. The first kappa shape index (κ1) is 8.62. The zero-order valence-electron chi connectivity index (χ0n) is 4.81. The fourth-order valence-corrected chi connectivity index (χ4v) is 1.58. The van der Waals surface area contributed by atoms with Gasteiger partial charge in [0.05, 0.1) is 15.4 Å². The van der Waals surface area contributed by atoms with Gasteiger partial charge in [-0.3, -0.25) is 0 Å².